The van der Waals surface area contributed by atoms with Crippen molar-refractivity contribution in [1.29, 1.82) is 0 Å². The van der Waals surface area contributed by atoms with Crippen molar-refractivity contribution in [2.75, 3.05) is 33.4 Å². The van der Waals surface area contributed by atoms with Crippen LogP contribution in [0.2, 0.25) is 0 Å². The molecular weight excluding hydrogens is 248 g/mol. The molecule has 1 aliphatic heterocycles. The summed E-state index contributed by atoms with van der Waals surface area (Å²) in [5, 5.41) is 0. The van der Waals surface area contributed by atoms with E-state index in [9.17, 15) is 0 Å². The molecule has 0 aliphatic carbocycles. The first-order valence-corrected chi connectivity index (χ1v) is 7.74. The predicted octanol–water partition coefficient (Wildman–Crippen LogP) is 2.74. The Balaban J connectivity index is 1.75. The van der Waals surface area contributed by atoms with Gasteiger partial charge in [-0.2, -0.15) is 0 Å². The van der Waals surface area contributed by atoms with E-state index in [1.807, 2.05) is 0 Å². The van der Waals surface area contributed by atoms with Crippen LogP contribution in [0.4, 0.5) is 0 Å². The highest BCUT2D eigenvalue weighted by atomic mass is 16.5. The standard InChI is InChI=1S/C17H28N2O/c1-14-6-3-4-8-16(14)17(18)9-10-19(2)12-15-7-5-11-20-13-15/h3-4,6,8,15,17H,5,7,9-13,18H2,1-2H3. The second-order valence-electron chi connectivity index (χ2n) is 6.10. The molecule has 3 heteroatoms. The van der Waals surface area contributed by atoms with Crippen molar-refractivity contribution < 1.29 is 4.74 Å². The fraction of sp³-hybridized carbons (Fsp3) is 0.647. The quantitative estimate of drug-likeness (QED) is 0.868. The first-order chi connectivity index (χ1) is 9.66. The molecule has 112 valence electrons. The van der Waals surface area contributed by atoms with Crippen molar-refractivity contribution >= 4 is 0 Å². The summed E-state index contributed by atoms with van der Waals surface area (Å²) in [5.41, 5.74) is 8.90. The number of hydrogen-bond donors (Lipinski definition) is 1. The van der Waals surface area contributed by atoms with E-state index in [1.54, 1.807) is 0 Å². The van der Waals surface area contributed by atoms with Crippen molar-refractivity contribution in [2.24, 2.45) is 11.7 Å². The minimum atomic E-state index is 0.140. The molecule has 0 aromatic heterocycles. The van der Waals surface area contributed by atoms with Crippen LogP contribution in [0.15, 0.2) is 24.3 Å². The molecule has 2 atom stereocenters. The molecule has 0 spiro atoms. The lowest BCUT2D eigenvalue weighted by molar-refractivity contribution is 0.0417. The van der Waals surface area contributed by atoms with Gasteiger partial charge in [0.05, 0.1) is 6.61 Å². The Labute approximate surface area is 123 Å². The van der Waals surface area contributed by atoms with Gasteiger partial charge in [-0.25, -0.2) is 0 Å². The Morgan fingerprint density at radius 3 is 2.90 bits per heavy atom. The summed E-state index contributed by atoms with van der Waals surface area (Å²) in [5.74, 6) is 0.698. The molecule has 1 aromatic rings. The highest BCUT2D eigenvalue weighted by Gasteiger charge is 2.16. The first-order valence-electron chi connectivity index (χ1n) is 7.74. The van der Waals surface area contributed by atoms with Gasteiger partial charge in [-0.15, -0.1) is 0 Å². The molecule has 0 radical (unpaired) electrons. The molecular formula is C17H28N2O. The Kier molecular flexibility index (Phi) is 6.02. The topological polar surface area (TPSA) is 38.5 Å². The van der Waals surface area contributed by atoms with Crippen LogP contribution in [0.5, 0.6) is 0 Å². The molecule has 1 heterocycles. The van der Waals surface area contributed by atoms with Crippen molar-refractivity contribution in [3.63, 3.8) is 0 Å². The van der Waals surface area contributed by atoms with Crippen LogP contribution >= 0.6 is 0 Å². The van der Waals surface area contributed by atoms with Gasteiger partial charge in [-0.05, 0) is 56.8 Å². The zero-order chi connectivity index (χ0) is 14.4. The maximum absolute atomic E-state index is 6.33. The normalized spacial score (nSPS) is 21.1. The molecule has 1 aliphatic rings. The molecule has 20 heavy (non-hydrogen) atoms. The number of nitrogens with zero attached hydrogens (tertiary/aromatic N) is 1. The van der Waals surface area contributed by atoms with Crippen LogP contribution in [0.25, 0.3) is 0 Å². The van der Waals surface area contributed by atoms with Crippen LogP contribution in [-0.2, 0) is 4.74 Å². The SMILES string of the molecule is Cc1ccccc1C(N)CCN(C)CC1CCCOC1. The maximum atomic E-state index is 6.33. The number of ether oxygens (including phenoxy) is 1. The van der Waals surface area contributed by atoms with E-state index in [0.29, 0.717) is 5.92 Å². The molecule has 2 unspecified atom stereocenters. The van der Waals surface area contributed by atoms with Crippen molar-refractivity contribution in [1.82, 2.24) is 4.90 Å². The van der Waals surface area contributed by atoms with E-state index in [1.165, 1.54) is 24.0 Å². The lowest BCUT2D eigenvalue weighted by Crippen LogP contribution is -2.32. The Morgan fingerprint density at radius 1 is 1.40 bits per heavy atom. The van der Waals surface area contributed by atoms with Crippen LogP contribution in [0.3, 0.4) is 0 Å². The summed E-state index contributed by atoms with van der Waals surface area (Å²) in [6.45, 7) is 6.18. The Bertz CT molecular complexity index is 402. The summed E-state index contributed by atoms with van der Waals surface area (Å²) in [6, 6.07) is 8.57. The van der Waals surface area contributed by atoms with Gasteiger partial charge >= 0.3 is 0 Å². The lowest BCUT2D eigenvalue weighted by Gasteiger charge is -2.27. The molecule has 1 saturated heterocycles. The van der Waals surface area contributed by atoms with Crippen molar-refractivity contribution in [2.45, 2.75) is 32.2 Å². The summed E-state index contributed by atoms with van der Waals surface area (Å²) in [4.78, 5) is 2.40. The fourth-order valence-corrected chi connectivity index (χ4v) is 3.00. The maximum Gasteiger partial charge on any atom is 0.0506 e. The molecule has 0 bridgehead atoms. The van der Waals surface area contributed by atoms with Crippen LogP contribution < -0.4 is 5.73 Å². The minimum absolute atomic E-state index is 0.140. The van der Waals surface area contributed by atoms with Crippen LogP contribution in [0.1, 0.15) is 36.4 Å². The zero-order valence-corrected chi connectivity index (χ0v) is 12.8. The monoisotopic (exact) mass is 276 g/mol. The summed E-state index contributed by atoms with van der Waals surface area (Å²) in [7, 11) is 2.19. The molecule has 2 rings (SSSR count). The second kappa shape index (κ2) is 7.77. The van der Waals surface area contributed by atoms with Crippen LogP contribution in [-0.4, -0.2) is 38.3 Å². The molecule has 0 amide bonds. The molecule has 3 nitrogen and oxygen atoms in total. The van der Waals surface area contributed by atoms with E-state index in [4.69, 9.17) is 10.5 Å². The summed E-state index contributed by atoms with van der Waals surface area (Å²) < 4.78 is 5.54. The van der Waals surface area contributed by atoms with Gasteiger partial charge < -0.3 is 15.4 Å². The largest absolute Gasteiger partial charge is 0.381 e. The third kappa shape index (κ3) is 4.58. The van der Waals surface area contributed by atoms with E-state index in [0.717, 1.165) is 32.7 Å². The van der Waals surface area contributed by atoms with E-state index < -0.39 is 0 Å². The molecule has 2 N–H and O–H groups in total. The molecule has 0 saturated carbocycles. The predicted molar refractivity (Wildman–Crippen MR) is 83.8 cm³/mol. The average molecular weight is 276 g/mol. The fourth-order valence-electron chi connectivity index (χ4n) is 3.00. The smallest absolute Gasteiger partial charge is 0.0506 e. The van der Waals surface area contributed by atoms with E-state index in [2.05, 4.69) is 43.1 Å². The third-order valence-corrected chi connectivity index (χ3v) is 4.23. The van der Waals surface area contributed by atoms with Crippen LogP contribution in [0, 0.1) is 12.8 Å². The number of hydrogen-bond acceptors (Lipinski definition) is 3. The number of aryl methyl sites for hydroxylation is 1. The Hall–Kier alpha value is -0.900. The first kappa shape index (κ1) is 15.5. The summed E-state index contributed by atoms with van der Waals surface area (Å²) >= 11 is 0. The number of benzene rings is 1. The van der Waals surface area contributed by atoms with E-state index >= 15 is 0 Å². The van der Waals surface area contributed by atoms with Gasteiger partial charge in [0.15, 0.2) is 0 Å². The lowest BCUT2D eigenvalue weighted by atomic mass is 9.99. The van der Waals surface area contributed by atoms with E-state index in [-0.39, 0.29) is 6.04 Å². The molecule has 1 fully saturated rings. The van der Waals surface area contributed by atoms with Gasteiger partial charge in [0.2, 0.25) is 0 Å². The highest BCUT2D eigenvalue weighted by Crippen LogP contribution is 2.19. The van der Waals surface area contributed by atoms with Gasteiger partial charge in [0.25, 0.3) is 0 Å². The van der Waals surface area contributed by atoms with Gasteiger partial charge in [-0.1, -0.05) is 24.3 Å². The van der Waals surface area contributed by atoms with Crippen molar-refractivity contribution in [3.05, 3.63) is 35.4 Å². The minimum Gasteiger partial charge on any atom is -0.381 e. The highest BCUT2D eigenvalue weighted by molar-refractivity contribution is 5.28. The third-order valence-electron chi connectivity index (χ3n) is 4.23. The van der Waals surface area contributed by atoms with Gasteiger partial charge in [-0.3, -0.25) is 0 Å². The molecule has 1 aromatic carbocycles. The number of rotatable bonds is 6. The second-order valence-corrected chi connectivity index (χ2v) is 6.10. The summed E-state index contributed by atoms with van der Waals surface area (Å²) in [6.07, 6.45) is 3.52. The van der Waals surface area contributed by atoms with Gasteiger partial charge in [0.1, 0.15) is 0 Å². The zero-order valence-electron chi connectivity index (χ0n) is 12.8. The average Bonchev–Trinajstić information content (AvgIpc) is 2.46. The Morgan fingerprint density at radius 2 is 2.20 bits per heavy atom. The van der Waals surface area contributed by atoms with Crippen molar-refractivity contribution in [3.8, 4) is 0 Å². The number of nitrogens with two attached hydrogens (primary N) is 1. The van der Waals surface area contributed by atoms with Gasteiger partial charge in [0, 0.05) is 19.2 Å².